The third-order valence-electron chi connectivity index (χ3n) is 2.78. The van der Waals surface area contributed by atoms with E-state index in [1.807, 2.05) is 37.3 Å². The summed E-state index contributed by atoms with van der Waals surface area (Å²) in [5, 5.41) is 2.82. The summed E-state index contributed by atoms with van der Waals surface area (Å²) in [6.07, 6.45) is 2.08. The molecule has 1 N–H and O–H groups in total. The summed E-state index contributed by atoms with van der Waals surface area (Å²) in [5.74, 6) is 0.609. The molecule has 0 spiro atoms. The number of hydrogen-bond donors (Lipinski definition) is 1. The minimum absolute atomic E-state index is 0.00657. The van der Waals surface area contributed by atoms with E-state index in [1.54, 1.807) is 0 Å². The summed E-state index contributed by atoms with van der Waals surface area (Å²) in [6, 6.07) is 9.86. The molecule has 1 aromatic rings. The molecule has 0 bridgehead atoms. The van der Waals surface area contributed by atoms with Gasteiger partial charge in [0.25, 0.3) is 0 Å². The van der Waals surface area contributed by atoms with Crippen LogP contribution in [0.4, 0.5) is 4.79 Å². The second-order valence-electron chi connectivity index (χ2n) is 4.32. The average molecular weight is 219 g/mol. The Morgan fingerprint density at radius 2 is 2.12 bits per heavy atom. The smallest absolute Gasteiger partial charge is 0.407 e. The van der Waals surface area contributed by atoms with Crippen LogP contribution in [-0.2, 0) is 4.74 Å². The lowest BCUT2D eigenvalue weighted by atomic mass is 10.1. The highest BCUT2D eigenvalue weighted by atomic mass is 16.5. The van der Waals surface area contributed by atoms with E-state index in [0.29, 0.717) is 12.5 Å². The Hall–Kier alpha value is -1.51. The highest BCUT2D eigenvalue weighted by Crippen LogP contribution is 2.28. The zero-order valence-corrected chi connectivity index (χ0v) is 9.48. The molecule has 16 heavy (non-hydrogen) atoms. The van der Waals surface area contributed by atoms with E-state index in [1.165, 1.54) is 12.8 Å². The fraction of sp³-hybridized carbons (Fsp3) is 0.462. The summed E-state index contributed by atoms with van der Waals surface area (Å²) < 4.78 is 5.11. The average Bonchev–Trinajstić information content (AvgIpc) is 3.11. The molecule has 1 aliphatic carbocycles. The molecule has 1 fully saturated rings. The zero-order valence-electron chi connectivity index (χ0n) is 9.48. The van der Waals surface area contributed by atoms with E-state index in [4.69, 9.17) is 4.74 Å². The van der Waals surface area contributed by atoms with Crippen LogP contribution in [-0.4, -0.2) is 12.7 Å². The molecule has 0 aromatic heterocycles. The van der Waals surface area contributed by atoms with Crippen LogP contribution in [0.1, 0.15) is 31.4 Å². The molecule has 1 amide bonds. The van der Waals surface area contributed by atoms with E-state index in [0.717, 1.165) is 5.56 Å². The first-order valence-corrected chi connectivity index (χ1v) is 5.74. The maximum atomic E-state index is 11.4. The summed E-state index contributed by atoms with van der Waals surface area (Å²) in [7, 11) is 0. The highest BCUT2D eigenvalue weighted by molar-refractivity contribution is 5.67. The summed E-state index contributed by atoms with van der Waals surface area (Å²) in [5.41, 5.74) is 1.09. The highest BCUT2D eigenvalue weighted by Gasteiger charge is 2.23. The van der Waals surface area contributed by atoms with Crippen molar-refractivity contribution >= 4 is 6.09 Å². The van der Waals surface area contributed by atoms with Gasteiger partial charge < -0.3 is 10.1 Å². The minimum atomic E-state index is -0.316. The minimum Gasteiger partial charge on any atom is -0.449 e. The Kier molecular flexibility index (Phi) is 3.44. The predicted molar refractivity (Wildman–Crippen MR) is 62.1 cm³/mol. The van der Waals surface area contributed by atoms with Crippen LogP contribution < -0.4 is 5.32 Å². The van der Waals surface area contributed by atoms with Gasteiger partial charge in [-0.2, -0.15) is 0 Å². The van der Waals surface area contributed by atoms with Gasteiger partial charge in [-0.15, -0.1) is 0 Å². The Balaban J connectivity index is 1.77. The first-order chi connectivity index (χ1) is 7.75. The first-order valence-electron chi connectivity index (χ1n) is 5.74. The van der Waals surface area contributed by atoms with Crippen molar-refractivity contribution in [2.75, 3.05) is 6.61 Å². The number of carbonyl (C=O) groups is 1. The van der Waals surface area contributed by atoms with Crippen LogP contribution in [0.15, 0.2) is 30.3 Å². The van der Waals surface area contributed by atoms with Gasteiger partial charge in [-0.3, -0.25) is 0 Å². The van der Waals surface area contributed by atoms with E-state index in [-0.39, 0.29) is 12.1 Å². The van der Waals surface area contributed by atoms with Crippen LogP contribution in [0.5, 0.6) is 0 Å². The largest absolute Gasteiger partial charge is 0.449 e. The number of alkyl carbamates (subject to hydrolysis) is 1. The molecule has 0 saturated heterocycles. The van der Waals surface area contributed by atoms with Gasteiger partial charge in [0.15, 0.2) is 0 Å². The van der Waals surface area contributed by atoms with Crippen molar-refractivity contribution in [1.82, 2.24) is 5.32 Å². The monoisotopic (exact) mass is 219 g/mol. The molecule has 3 nitrogen and oxygen atoms in total. The number of hydrogen-bond acceptors (Lipinski definition) is 2. The van der Waals surface area contributed by atoms with Gasteiger partial charge in [0.1, 0.15) is 0 Å². The maximum Gasteiger partial charge on any atom is 0.407 e. The van der Waals surface area contributed by atoms with Gasteiger partial charge >= 0.3 is 6.09 Å². The number of ether oxygens (including phenoxy) is 1. The van der Waals surface area contributed by atoms with Crippen molar-refractivity contribution in [2.24, 2.45) is 5.92 Å². The molecule has 0 heterocycles. The van der Waals surface area contributed by atoms with Crippen molar-refractivity contribution in [2.45, 2.75) is 25.8 Å². The fourth-order valence-corrected chi connectivity index (χ4v) is 1.52. The molecule has 1 aliphatic rings. The quantitative estimate of drug-likeness (QED) is 0.845. The van der Waals surface area contributed by atoms with Crippen LogP contribution in [0.25, 0.3) is 0 Å². The molecule has 1 unspecified atom stereocenters. The van der Waals surface area contributed by atoms with Crippen molar-refractivity contribution in [3.8, 4) is 0 Å². The summed E-state index contributed by atoms with van der Waals surface area (Å²) in [6.45, 7) is 2.51. The Bertz CT molecular complexity index is 346. The molecule has 1 aromatic carbocycles. The predicted octanol–water partition coefficient (Wildman–Crippen LogP) is 2.88. The van der Waals surface area contributed by atoms with E-state index in [2.05, 4.69) is 5.32 Å². The molecule has 0 aliphatic heterocycles. The van der Waals surface area contributed by atoms with Gasteiger partial charge in [-0.05, 0) is 31.2 Å². The van der Waals surface area contributed by atoms with E-state index in [9.17, 15) is 4.79 Å². The van der Waals surface area contributed by atoms with Crippen molar-refractivity contribution < 1.29 is 9.53 Å². The normalized spacial score (nSPS) is 16.6. The number of benzene rings is 1. The van der Waals surface area contributed by atoms with Gasteiger partial charge in [-0.1, -0.05) is 30.3 Å². The van der Waals surface area contributed by atoms with Gasteiger partial charge in [0, 0.05) is 0 Å². The van der Waals surface area contributed by atoms with Crippen LogP contribution in [0.3, 0.4) is 0 Å². The van der Waals surface area contributed by atoms with Crippen LogP contribution in [0, 0.1) is 5.92 Å². The molecule has 2 rings (SSSR count). The van der Waals surface area contributed by atoms with E-state index < -0.39 is 0 Å². The second-order valence-corrected chi connectivity index (χ2v) is 4.32. The van der Waals surface area contributed by atoms with Gasteiger partial charge in [0.2, 0.25) is 0 Å². The molecule has 3 heteroatoms. The maximum absolute atomic E-state index is 11.4. The molecule has 1 atom stereocenters. The first kappa shape index (κ1) is 11.0. The molecule has 0 radical (unpaired) electrons. The Labute approximate surface area is 95.8 Å². The topological polar surface area (TPSA) is 38.3 Å². The summed E-state index contributed by atoms with van der Waals surface area (Å²) in [4.78, 5) is 11.4. The van der Waals surface area contributed by atoms with Crippen molar-refractivity contribution in [1.29, 1.82) is 0 Å². The summed E-state index contributed by atoms with van der Waals surface area (Å²) >= 11 is 0. The SMILES string of the molecule is CC(NC(=O)OCC1CC1)c1ccccc1. The third-order valence-corrected chi connectivity index (χ3v) is 2.78. The molecular weight excluding hydrogens is 202 g/mol. The van der Waals surface area contributed by atoms with Crippen molar-refractivity contribution in [3.63, 3.8) is 0 Å². The lowest BCUT2D eigenvalue weighted by molar-refractivity contribution is 0.138. The Morgan fingerprint density at radius 1 is 1.44 bits per heavy atom. The number of carbonyl (C=O) groups excluding carboxylic acids is 1. The number of amides is 1. The number of nitrogens with one attached hydrogen (secondary N) is 1. The van der Waals surface area contributed by atoms with Gasteiger partial charge in [-0.25, -0.2) is 4.79 Å². The lowest BCUT2D eigenvalue weighted by Crippen LogP contribution is -2.27. The molecule has 1 saturated carbocycles. The fourth-order valence-electron chi connectivity index (χ4n) is 1.52. The second kappa shape index (κ2) is 5.01. The van der Waals surface area contributed by atoms with Gasteiger partial charge in [0.05, 0.1) is 12.6 Å². The van der Waals surface area contributed by atoms with Crippen LogP contribution in [0.2, 0.25) is 0 Å². The molecular formula is C13H17NO2. The zero-order chi connectivity index (χ0) is 11.4. The van der Waals surface area contributed by atoms with Crippen LogP contribution >= 0.6 is 0 Å². The molecule has 86 valence electrons. The van der Waals surface area contributed by atoms with Crippen molar-refractivity contribution in [3.05, 3.63) is 35.9 Å². The third kappa shape index (κ3) is 3.26. The standard InChI is InChI=1S/C13H17NO2/c1-10(12-5-3-2-4-6-12)14-13(15)16-9-11-7-8-11/h2-6,10-11H,7-9H2,1H3,(H,14,15). The lowest BCUT2D eigenvalue weighted by Gasteiger charge is -2.14. The Morgan fingerprint density at radius 3 is 2.75 bits per heavy atom. The number of rotatable bonds is 4. The van der Waals surface area contributed by atoms with E-state index >= 15 is 0 Å².